The van der Waals surface area contributed by atoms with Crippen LogP contribution in [0.2, 0.25) is 0 Å². The number of hydrogen-bond acceptors (Lipinski definition) is 2. The second-order valence-electron chi connectivity index (χ2n) is 3.35. The predicted octanol–water partition coefficient (Wildman–Crippen LogP) is 3.25. The Balaban J connectivity index is 3.21. The van der Waals surface area contributed by atoms with Gasteiger partial charge in [0.25, 0.3) is 0 Å². The molecule has 0 radical (unpaired) electrons. The van der Waals surface area contributed by atoms with Crippen molar-refractivity contribution < 1.29 is 0 Å². The first-order valence-corrected chi connectivity index (χ1v) is 5.03. The predicted molar refractivity (Wildman–Crippen MR) is 62.5 cm³/mol. The molecule has 1 rings (SSSR count). The minimum absolute atomic E-state index is 0.927. The Kier molecular flexibility index (Phi) is 3.69. The van der Waals surface area contributed by atoms with E-state index in [1.807, 2.05) is 19.2 Å². The van der Waals surface area contributed by atoms with Gasteiger partial charge in [-0.25, -0.2) is 0 Å². The lowest BCUT2D eigenvalue weighted by molar-refractivity contribution is 1.15. The topological polar surface area (TPSA) is 24.9 Å². The Hall–Kier alpha value is -1.31. The quantitative estimate of drug-likeness (QED) is 0.791. The molecule has 1 N–H and O–H groups in total. The molecule has 0 saturated heterocycles. The second-order valence-corrected chi connectivity index (χ2v) is 3.35. The zero-order valence-electron chi connectivity index (χ0n) is 9.39. The van der Waals surface area contributed by atoms with Crippen molar-refractivity contribution in [2.45, 2.75) is 27.7 Å². The number of aromatic nitrogens is 1. The summed E-state index contributed by atoms with van der Waals surface area (Å²) in [5.41, 5.74) is 4.68. The first-order valence-electron chi connectivity index (χ1n) is 5.03. The lowest BCUT2D eigenvalue weighted by Gasteiger charge is -2.12. The van der Waals surface area contributed by atoms with Gasteiger partial charge >= 0.3 is 0 Å². The highest BCUT2D eigenvalue weighted by Crippen LogP contribution is 2.24. The Morgan fingerprint density at radius 1 is 1.57 bits per heavy atom. The Labute approximate surface area is 86.1 Å². The van der Waals surface area contributed by atoms with Gasteiger partial charge in [-0.15, -0.1) is 0 Å². The Morgan fingerprint density at radius 2 is 2.29 bits per heavy atom. The van der Waals surface area contributed by atoms with E-state index in [0.29, 0.717) is 0 Å². The minimum Gasteiger partial charge on any atom is -0.383 e. The van der Waals surface area contributed by atoms with Gasteiger partial charge < -0.3 is 5.32 Å². The van der Waals surface area contributed by atoms with Crippen LogP contribution in [-0.2, 0) is 0 Å². The number of rotatable bonds is 3. The van der Waals surface area contributed by atoms with Gasteiger partial charge in [0.15, 0.2) is 0 Å². The van der Waals surface area contributed by atoms with Crippen molar-refractivity contribution in [3.8, 4) is 0 Å². The highest BCUT2D eigenvalue weighted by molar-refractivity contribution is 5.74. The number of aryl methyl sites for hydroxylation is 1. The number of pyridine rings is 1. The first-order chi connectivity index (χ1) is 6.70. The molecule has 0 saturated carbocycles. The van der Waals surface area contributed by atoms with Crippen LogP contribution in [0.4, 0.5) is 5.69 Å². The molecule has 1 aromatic rings. The third-order valence-corrected chi connectivity index (χ3v) is 2.32. The van der Waals surface area contributed by atoms with Gasteiger partial charge in [0.05, 0.1) is 11.4 Å². The highest BCUT2D eigenvalue weighted by atomic mass is 14.9. The van der Waals surface area contributed by atoms with Crippen molar-refractivity contribution in [2.75, 3.05) is 11.9 Å². The smallest absolute Gasteiger partial charge is 0.0889 e. The van der Waals surface area contributed by atoms with E-state index in [2.05, 4.69) is 37.1 Å². The maximum Gasteiger partial charge on any atom is 0.0889 e. The molecule has 0 aliphatic rings. The van der Waals surface area contributed by atoms with Crippen LogP contribution in [0, 0.1) is 6.92 Å². The summed E-state index contributed by atoms with van der Waals surface area (Å²) in [7, 11) is 0. The molecule has 0 aliphatic carbocycles. The number of hydrogen-bond donors (Lipinski definition) is 1. The van der Waals surface area contributed by atoms with Crippen LogP contribution in [-0.4, -0.2) is 11.5 Å². The van der Waals surface area contributed by atoms with Crippen LogP contribution < -0.4 is 5.32 Å². The summed E-state index contributed by atoms with van der Waals surface area (Å²) in [5.74, 6) is 0. The number of anilines is 1. The average molecular weight is 190 g/mol. The Bertz CT molecular complexity index is 340. The largest absolute Gasteiger partial charge is 0.383 e. The van der Waals surface area contributed by atoms with Gasteiger partial charge in [-0.1, -0.05) is 6.08 Å². The number of allylic oxidation sites excluding steroid dienone is 2. The lowest BCUT2D eigenvalue weighted by Crippen LogP contribution is -2.03. The van der Waals surface area contributed by atoms with E-state index in [4.69, 9.17) is 0 Å². The summed E-state index contributed by atoms with van der Waals surface area (Å²) in [4.78, 5) is 4.40. The van der Waals surface area contributed by atoms with Crippen LogP contribution in [0.5, 0.6) is 0 Å². The fourth-order valence-electron chi connectivity index (χ4n) is 1.39. The maximum atomic E-state index is 4.40. The third-order valence-electron chi connectivity index (χ3n) is 2.32. The molecule has 1 aromatic heterocycles. The molecule has 76 valence electrons. The minimum atomic E-state index is 0.927. The Morgan fingerprint density at radius 3 is 2.86 bits per heavy atom. The van der Waals surface area contributed by atoms with Crippen molar-refractivity contribution in [1.29, 1.82) is 0 Å². The van der Waals surface area contributed by atoms with Crippen molar-refractivity contribution in [3.05, 3.63) is 29.6 Å². The first kappa shape index (κ1) is 10.8. The number of nitrogens with one attached hydrogen (secondary N) is 1. The lowest BCUT2D eigenvalue weighted by atomic mass is 10.1. The molecule has 0 amide bonds. The van der Waals surface area contributed by atoms with Crippen molar-refractivity contribution >= 4 is 11.3 Å². The fraction of sp³-hybridized carbons (Fsp3) is 0.417. The average Bonchev–Trinajstić information content (AvgIpc) is 2.20. The summed E-state index contributed by atoms with van der Waals surface area (Å²) in [6.45, 7) is 9.25. The van der Waals surface area contributed by atoms with Crippen molar-refractivity contribution in [3.63, 3.8) is 0 Å². The van der Waals surface area contributed by atoms with Crippen LogP contribution >= 0.6 is 0 Å². The van der Waals surface area contributed by atoms with Crippen molar-refractivity contribution in [1.82, 2.24) is 4.98 Å². The SMILES string of the molecule is C/C=C(/C)c1nccc(C)c1NCC. The van der Waals surface area contributed by atoms with Crippen LogP contribution in [0.3, 0.4) is 0 Å². The molecule has 2 heteroatoms. The highest BCUT2D eigenvalue weighted by Gasteiger charge is 2.06. The summed E-state index contributed by atoms with van der Waals surface area (Å²) in [6, 6.07) is 2.03. The van der Waals surface area contributed by atoms with Gasteiger partial charge in [0.2, 0.25) is 0 Å². The van der Waals surface area contributed by atoms with E-state index in [0.717, 1.165) is 17.9 Å². The molecule has 0 unspecified atom stereocenters. The van der Waals surface area contributed by atoms with Gasteiger partial charge in [-0.2, -0.15) is 0 Å². The van der Waals surface area contributed by atoms with E-state index in [-0.39, 0.29) is 0 Å². The molecule has 0 atom stereocenters. The van der Waals surface area contributed by atoms with Gasteiger partial charge in [-0.3, -0.25) is 4.98 Å². The molecule has 1 heterocycles. The zero-order valence-corrected chi connectivity index (χ0v) is 9.39. The second kappa shape index (κ2) is 4.80. The van der Waals surface area contributed by atoms with Gasteiger partial charge in [0.1, 0.15) is 0 Å². The van der Waals surface area contributed by atoms with Crippen LogP contribution in [0.15, 0.2) is 18.3 Å². The molecule has 2 nitrogen and oxygen atoms in total. The maximum absolute atomic E-state index is 4.40. The van der Waals surface area contributed by atoms with E-state index in [1.54, 1.807) is 0 Å². The van der Waals surface area contributed by atoms with Crippen molar-refractivity contribution in [2.24, 2.45) is 0 Å². The molecule has 0 fully saturated rings. The molecule has 14 heavy (non-hydrogen) atoms. The zero-order chi connectivity index (χ0) is 10.6. The normalized spacial score (nSPS) is 11.6. The molecular weight excluding hydrogens is 172 g/mol. The molecule has 0 aliphatic heterocycles. The standard InChI is InChI=1S/C12H18N2/c1-5-9(3)11-12(13-6-2)10(4)7-8-14-11/h5,7-8,13H,6H2,1-4H3/b9-5-. The van der Waals surface area contributed by atoms with E-state index >= 15 is 0 Å². The summed E-state index contributed by atoms with van der Waals surface area (Å²) < 4.78 is 0. The fourth-order valence-corrected chi connectivity index (χ4v) is 1.39. The van der Waals surface area contributed by atoms with Gasteiger partial charge in [0, 0.05) is 12.7 Å². The van der Waals surface area contributed by atoms with Crippen LogP contribution in [0.1, 0.15) is 32.0 Å². The molecule has 0 spiro atoms. The molecular formula is C12H18N2. The third kappa shape index (κ3) is 2.13. The van der Waals surface area contributed by atoms with E-state index < -0.39 is 0 Å². The van der Waals surface area contributed by atoms with Crippen LogP contribution in [0.25, 0.3) is 5.57 Å². The molecule has 0 aromatic carbocycles. The van der Waals surface area contributed by atoms with Gasteiger partial charge in [-0.05, 0) is 44.9 Å². The summed E-state index contributed by atoms with van der Waals surface area (Å²) in [6.07, 6.45) is 3.95. The molecule has 0 bridgehead atoms. The number of nitrogens with zero attached hydrogens (tertiary/aromatic N) is 1. The van der Waals surface area contributed by atoms with E-state index in [1.165, 1.54) is 11.1 Å². The summed E-state index contributed by atoms with van der Waals surface area (Å²) >= 11 is 0. The van der Waals surface area contributed by atoms with E-state index in [9.17, 15) is 0 Å². The summed E-state index contributed by atoms with van der Waals surface area (Å²) in [5, 5.41) is 3.36. The monoisotopic (exact) mass is 190 g/mol.